The second-order valence-electron chi connectivity index (χ2n) is 8.77. The van der Waals surface area contributed by atoms with Crippen molar-refractivity contribution in [2.24, 2.45) is 0 Å². The lowest BCUT2D eigenvalue weighted by Crippen LogP contribution is -2.23. The van der Waals surface area contributed by atoms with Gasteiger partial charge in [0.25, 0.3) is 0 Å². The van der Waals surface area contributed by atoms with Crippen LogP contribution < -0.4 is 14.8 Å². The molecule has 2 unspecified atom stereocenters. The Morgan fingerprint density at radius 2 is 1.53 bits per heavy atom. The van der Waals surface area contributed by atoms with Gasteiger partial charge in [0.05, 0.1) is 12.4 Å². The zero-order valence-electron chi connectivity index (χ0n) is 20.9. The van der Waals surface area contributed by atoms with Crippen molar-refractivity contribution in [1.29, 1.82) is 0 Å². The number of hydrogen-bond acceptors (Lipinski definition) is 6. The largest absolute Gasteiger partial charge is 0.497 e. The van der Waals surface area contributed by atoms with E-state index in [-0.39, 0.29) is 23.3 Å². The molecular weight excluding hydrogens is 448 g/mol. The molecule has 3 aromatic rings. The summed E-state index contributed by atoms with van der Waals surface area (Å²) in [6.07, 6.45) is -0.294. The lowest BCUT2D eigenvalue weighted by molar-refractivity contribution is -0.115. The van der Waals surface area contributed by atoms with Gasteiger partial charge in [0, 0.05) is 11.7 Å². The summed E-state index contributed by atoms with van der Waals surface area (Å²) < 4.78 is 13.4. The minimum atomic E-state index is -0.364. The molecule has 1 amide bonds. The van der Waals surface area contributed by atoms with Crippen LogP contribution in [-0.4, -0.2) is 33.0 Å². The number of ether oxygens (including phenoxy) is 2. The van der Waals surface area contributed by atoms with Gasteiger partial charge in [-0.15, -0.1) is 10.2 Å². The monoisotopic (exact) mass is 482 g/mol. The zero-order valence-corrected chi connectivity index (χ0v) is 21.7. The Morgan fingerprint density at radius 3 is 2.09 bits per heavy atom. The van der Waals surface area contributed by atoms with E-state index in [1.807, 2.05) is 54.8 Å². The van der Waals surface area contributed by atoms with Crippen LogP contribution in [0, 0.1) is 0 Å². The van der Waals surface area contributed by atoms with E-state index in [1.54, 1.807) is 7.11 Å². The molecule has 8 heteroatoms. The maximum atomic E-state index is 12.8. The molecule has 3 rings (SSSR count). The first kappa shape index (κ1) is 25.6. The number of nitrogens with one attached hydrogen (secondary N) is 1. The summed E-state index contributed by atoms with van der Waals surface area (Å²) in [6, 6.07) is 15.5. The molecule has 0 saturated heterocycles. The first-order valence-electron chi connectivity index (χ1n) is 11.5. The first-order valence-corrected chi connectivity index (χ1v) is 12.4. The number of nitrogens with zero attached hydrogens (tertiary/aromatic N) is 3. The Balaban J connectivity index is 1.70. The van der Waals surface area contributed by atoms with Crippen molar-refractivity contribution in [2.75, 3.05) is 12.4 Å². The summed E-state index contributed by atoms with van der Waals surface area (Å²) in [4.78, 5) is 12.8. The predicted molar refractivity (Wildman–Crippen MR) is 137 cm³/mol. The molecule has 1 aromatic heterocycles. The molecule has 34 heavy (non-hydrogen) atoms. The quantitative estimate of drug-likeness (QED) is 0.344. The highest BCUT2D eigenvalue weighted by Gasteiger charge is 2.25. The van der Waals surface area contributed by atoms with Crippen LogP contribution in [0.15, 0.2) is 53.7 Å². The average Bonchev–Trinajstić information content (AvgIpc) is 3.24. The molecule has 1 N–H and O–H groups in total. The van der Waals surface area contributed by atoms with Crippen molar-refractivity contribution in [1.82, 2.24) is 14.8 Å². The molecule has 2 atom stereocenters. The van der Waals surface area contributed by atoms with Crippen molar-refractivity contribution in [3.63, 3.8) is 0 Å². The van der Waals surface area contributed by atoms with Crippen LogP contribution >= 0.6 is 11.8 Å². The fraction of sp³-hybridized carbons (Fsp3) is 0.423. The second kappa shape index (κ2) is 11.4. The van der Waals surface area contributed by atoms with E-state index in [2.05, 4.69) is 55.3 Å². The summed E-state index contributed by atoms with van der Waals surface area (Å²) in [5.41, 5.74) is 1.99. The predicted octanol–water partition coefficient (Wildman–Crippen LogP) is 6.25. The van der Waals surface area contributed by atoms with E-state index >= 15 is 0 Å². The van der Waals surface area contributed by atoms with Crippen molar-refractivity contribution in [2.45, 2.75) is 70.0 Å². The number of benzene rings is 2. The number of rotatable bonds is 10. The van der Waals surface area contributed by atoms with E-state index in [0.29, 0.717) is 11.1 Å². The lowest BCUT2D eigenvalue weighted by atomic mass is 10.0. The Hall–Kier alpha value is -3.00. The number of amides is 1. The standard InChI is InChI=1S/C26H34N4O3S/c1-16(2)20-8-12-23(13-9-20)33-18(5)24-28-29-26(30(24)17(3)4)34-19(6)25(31)27-21-10-14-22(32-7)15-11-21/h8-19H,1-7H3,(H,27,31). The van der Waals surface area contributed by atoms with Gasteiger partial charge in [-0.3, -0.25) is 4.79 Å². The second-order valence-corrected chi connectivity index (χ2v) is 10.1. The third kappa shape index (κ3) is 6.32. The summed E-state index contributed by atoms with van der Waals surface area (Å²) in [6.45, 7) is 12.3. The van der Waals surface area contributed by atoms with Gasteiger partial charge in [0.1, 0.15) is 11.5 Å². The van der Waals surface area contributed by atoms with Crippen LogP contribution in [0.25, 0.3) is 0 Å². The minimum absolute atomic E-state index is 0.107. The molecule has 2 aromatic carbocycles. The lowest BCUT2D eigenvalue weighted by Gasteiger charge is -2.20. The molecule has 0 aliphatic rings. The Morgan fingerprint density at radius 1 is 0.912 bits per heavy atom. The molecule has 7 nitrogen and oxygen atoms in total. The number of methoxy groups -OCH3 is 1. The summed E-state index contributed by atoms with van der Waals surface area (Å²) >= 11 is 1.38. The highest BCUT2D eigenvalue weighted by Crippen LogP contribution is 2.30. The number of carbonyl (C=O) groups excluding carboxylic acids is 1. The number of thioether (sulfide) groups is 1. The number of hydrogen-bond donors (Lipinski definition) is 1. The first-order chi connectivity index (χ1) is 16.2. The van der Waals surface area contributed by atoms with Gasteiger partial charge in [-0.2, -0.15) is 0 Å². The van der Waals surface area contributed by atoms with E-state index in [1.165, 1.54) is 17.3 Å². The molecule has 1 heterocycles. The van der Waals surface area contributed by atoms with E-state index < -0.39 is 0 Å². The summed E-state index contributed by atoms with van der Waals surface area (Å²) in [7, 11) is 1.61. The van der Waals surface area contributed by atoms with E-state index in [0.717, 1.165) is 23.0 Å². The van der Waals surface area contributed by atoms with Gasteiger partial charge in [-0.05, 0) is 75.6 Å². The molecular formula is C26H34N4O3S. The van der Waals surface area contributed by atoms with Crippen molar-refractivity contribution >= 4 is 23.4 Å². The molecule has 0 aliphatic heterocycles. The highest BCUT2D eigenvalue weighted by atomic mass is 32.2. The molecule has 0 saturated carbocycles. The zero-order chi connectivity index (χ0) is 24.8. The normalized spacial score (nSPS) is 13.1. The number of aromatic nitrogens is 3. The van der Waals surface area contributed by atoms with Crippen molar-refractivity contribution in [3.05, 3.63) is 59.9 Å². The van der Waals surface area contributed by atoms with Crippen LogP contribution in [-0.2, 0) is 4.79 Å². The van der Waals surface area contributed by atoms with Crippen molar-refractivity contribution in [3.8, 4) is 11.5 Å². The molecule has 0 bridgehead atoms. The van der Waals surface area contributed by atoms with Gasteiger partial charge in [0.15, 0.2) is 17.1 Å². The van der Waals surface area contributed by atoms with Gasteiger partial charge >= 0.3 is 0 Å². The molecule has 0 spiro atoms. The van der Waals surface area contributed by atoms with Crippen LogP contribution in [0.5, 0.6) is 11.5 Å². The minimum Gasteiger partial charge on any atom is -0.497 e. The van der Waals surface area contributed by atoms with Crippen LogP contribution in [0.3, 0.4) is 0 Å². The van der Waals surface area contributed by atoms with Crippen LogP contribution in [0.1, 0.15) is 71.0 Å². The maximum Gasteiger partial charge on any atom is 0.237 e. The third-order valence-corrected chi connectivity index (χ3v) is 6.50. The topological polar surface area (TPSA) is 78.3 Å². The number of carbonyl (C=O) groups is 1. The average molecular weight is 483 g/mol. The fourth-order valence-electron chi connectivity index (χ4n) is 3.45. The highest BCUT2D eigenvalue weighted by molar-refractivity contribution is 8.00. The smallest absolute Gasteiger partial charge is 0.237 e. The third-order valence-electron chi connectivity index (χ3n) is 5.44. The Labute approximate surface area is 206 Å². The van der Waals surface area contributed by atoms with Crippen molar-refractivity contribution < 1.29 is 14.3 Å². The fourth-order valence-corrected chi connectivity index (χ4v) is 4.44. The van der Waals surface area contributed by atoms with Crippen LogP contribution in [0.2, 0.25) is 0 Å². The van der Waals surface area contributed by atoms with Crippen LogP contribution in [0.4, 0.5) is 5.69 Å². The van der Waals surface area contributed by atoms with Gasteiger partial charge < -0.3 is 19.4 Å². The summed E-state index contributed by atoms with van der Waals surface area (Å²) in [5.74, 6) is 2.62. The number of anilines is 1. The summed E-state index contributed by atoms with van der Waals surface area (Å²) in [5, 5.41) is 12.1. The SMILES string of the molecule is COc1ccc(NC(=O)C(C)Sc2nnc(C(C)Oc3ccc(C(C)C)cc3)n2C(C)C)cc1. The van der Waals surface area contributed by atoms with Gasteiger partial charge in [0.2, 0.25) is 5.91 Å². The Kier molecular flexibility index (Phi) is 8.61. The van der Waals surface area contributed by atoms with Gasteiger partial charge in [-0.25, -0.2) is 0 Å². The Bertz CT molecular complexity index is 1080. The van der Waals surface area contributed by atoms with Gasteiger partial charge in [-0.1, -0.05) is 37.7 Å². The molecule has 0 fully saturated rings. The van der Waals surface area contributed by atoms with E-state index in [9.17, 15) is 4.79 Å². The molecule has 182 valence electrons. The van der Waals surface area contributed by atoms with E-state index in [4.69, 9.17) is 9.47 Å². The molecule has 0 aliphatic carbocycles. The maximum absolute atomic E-state index is 12.8. The molecule has 0 radical (unpaired) electrons.